The number of hydrogen-bond donors (Lipinski definition) is 1. The number of rotatable bonds is 5. The monoisotopic (exact) mass is 335 g/mol. The zero-order valence-electron chi connectivity index (χ0n) is 11.8. The Kier molecular flexibility index (Phi) is 5.32. The summed E-state index contributed by atoms with van der Waals surface area (Å²) in [5, 5.41) is 3.47. The predicted octanol–water partition coefficient (Wildman–Crippen LogP) is 4.79. The summed E-state index contributed by atoms with van der Waals surface area (Å²) in [7, 11) is 0. The van der Waals surface area contributed by atoms with Crippen LogP contribution in [0.15, 0.2) is 46.9 Å². The van der Waals surface area contributed by atoms with Crippen molar-refractivity contribution in [1.29, 1.82) is 0 Å². The third-order valence-electron chi connectivity index (χ3n) is 3.36. The molecule has 0 fully saturated rings. The van der Waals surface area contributed by atoms with Crippen LogP contribution < -0.4 is 5.32 Å². The fraction of sp³-hybridized carbons (Fsp3) is 0.294. The van der Waals surface area contributed by atoms with Crippen LogP contribution in [-0.2, 0) is 6.42 Å². The van der Waals surface area contributed by atoms with Crippen molar-refractivity contribution >= 4 is 15.9 Å². The van der Waals surface area contributed by atoms with E-state index in [0.29, 0.717) is 4.47 Å². The lowest BCUT2D eigenvalue weighted by molar-refractivity contribution is 0.546. The fourth-order valence-corrected chi connectivity index (χ4v) is 2.64. The topological polar surface area (TPSA) is 12.0 Å². The minimum atomic E-state index is -0.223. The van der Waals surface area contributed by atoms with Crippen LogP contribution in [0.2, 0.25) is 0 Å². The molecule has 1 N–H and O–H groups in total. The molecule has 0 saturated carbocycles. The van der Waals surface area contributed by atoms with Crippen molar-refractivity contribution in [2.45, 2.75) is 26.3 Å². The Hall–Kier alpha value is -1.19. The molecular weight excluding hydrogens is 317 g/mol. The van der Waals surface area contributed by atoms with E-state index >= 15 is 0 Å². The van der Waals surface area contributed by atoms with Gasteiger partial charge in [-0.05, 0) is 59.1 Å². The minimum absolute atomic E-state index is 0.194. The molecule has 0 spiro atoms. The van der Waals surface area contributed by atoms with Gasteiger partial charge < -0.3 is 5.32 Å². The van der Waals surface area contributed by atoms with E-state index in [-0.39, 0.29) is 11.9 Å². The molecule has 0 heterocycles. The van der Waals surface area contributed by atoms with Crippen LogP contribution in [0.1, 0.15) is 29.7 Å². The molecule has 0 aromatic heterocycles. The number of likely N-dealkylation sites (N-methyl/N-ethyl adjacent to an activating group) is 1. The van der Waals surface area contributed by atoms with Crippen LogP contribution >= 0.6 is 15.9 Å². The van der Waals surface area contributed by atoms with Gasteiger partial charge in [-0.15, -0.1) is 0 Å². The molecule has 0 aliphatic carbocycles. The summed E-state index contributed by atoms with van der Waals surface area (Å²) in [6.07, 6.45) is 0.895. The third-order valence-corrected chi connectivity index (χ3v) is 3.96. The molecule has 0 aliphatic rings. The molecule has 0 aliphatic heterocycles. The number of hydrogen-bond acceptors (Lipinski definition) is 1. The molecule has 1 nitrogen and oxygen atoms in total. The van der Waals surface area contributed by atoms with Gasteiger partial charge in [-0.25, -0.2) is 4.39 Å². The number of halogens is 2. The Balaban J connectivity index is 2.21. The minimum Gasteiger partial charge on any atom is -0.310 e. The standard InChI is InChI=1S/C17H19BrFN/c1-3-20-17(10-13-6-4-12(2)5-7-13)14-8-9-16(19)15(18)11-14/h4-9,11,17,20H,3,10H2,1-2H3. The molecule has 106 valence electrons. The van der Waals surface area contributed by atoms with E-state index < -0.39 is 0 Å². The molecule has 0 amide bonds. The Morgan fingerprint density at radius 2 is 1.85 bits per heavy atom. The van der Waals surface area contributed by atoms with E-state index in [1.165, 1.54) is 17.2 Å². The molecule has 0 radical (unpaired) electrons. The van der Waals surface area contributed by atoms with E-state index in [1.807, 2.05) is 12.1 Å². The first-order chi connectivity index (χ1) is 9.60. The van der Waals surface area contributed by atoms with Crippen LogP contribution in [0.4, 0.5) is 4.39 Å². The van der Waals surface area contributed by atoms with Crippen molar-refractivity contribution in [2.24, 2.45) is 0 Å². The summed E-state index contributed by atoms with van der Waals surface area (Å²) in [5.41, 5.74) is 3.64. The second-order valence-electron chi connectivity index (χ2n) is 4.97. The maximum atomic E-state index is 13.4. The molecule has 3 heteroatoms. The number of nitrogens with one attached hydrogen (secondary N) is 1. The van der Waals surface area contributed by atoms with Crippen molar-refractivity contribution in [3.8, 4) is 0 Å². The second-order valence-corrected chi connectivity index (χ2v) is 5.83. The van der Waals surface area contributed by atoms with Gasteiger partial charge in [-0.3, -0.25) is 0 Å². The smallest absolute Gasteiger partial charge is 0.137 e. The highest BCUT2D eigenvalue weighted by Gasteiger charge is 2.12. The third kappa shape index (κ3) is 3.90. The summed E-state index contributed by atoms with van der Waals surface area (Å²) in [4.78, 5) is 0. The highest BCUT2D eigenvalue weighted by Crippen LogP contribution is 2.24. The van der Waals surface area contributed by atoms with Crippen LogP contribution in [-0.4, -0.2) is 6.54 Å². The summed E-state index contributed by atoms with van der Waals surface area (Å²) < 4.78 is 13.9. The molecule has 1 atom stereocenters. The molecule has 2 aromatic carbocycles. The lowest BCUT2D eigenvalue weighted by Crippen LogP contribution is -2.23. The van der Waals surface area contributed by atoms with Crippen molar-refractivity contribution in [1.82, 2.24) is 5.32 Å². The van der Waals surface area contributed by atoms with Crippen LogP contribution in [0, 0.1) is 12.7 Å². The lowest BCUT2D eigenvalue weighted by Gasteiger charge is -2.19. The van der Waals surface area contributed by atoms with E-state index in [4.69, 9.17) is 0 Å². The van der Waals surface area contributed by atoms with Crippen molar-refractivity contribution < 1.29 is 4.39 Å². The molecule has 0 saturated heterocycles. The average Bonchev–Trinajstić information content (AvgIpc) is 2.44. The molecule has 1 unspecified atom stereocenters. The average molecular weight is 336 g/mol. The van der Waals surface area contributed by atoms with Gasteiger partial charge in [0.1, 0.15) is 5.82 Å². The highest BCUT2D eigenvalue weighted by molar-refractivity contribution is 9.10. The second kappa shape index (κ2) is 7.00. The van der Waals surface area contributed by atoms with Crippen LogP contribution in [0.3, 0.4) is 0 Å². The van der Waals surface area contributed by atoms with E-state index in [2.05, 4.69) is 59.4 Å². The van der Waals surface area contributed by atoms with E-state index in [9.17, 15) is 4.39 Å². The Morgan fingerprint density at radius 1 is 1.15 bits per heavy atom. The molecule has 0 bridgehead atoms. The molecule has 20 heavy (non-hydrogen) atoms. The van der Waals surface area contributed by atoms with Gasteiger partial charge in [0.25, 0.3) is 0 Å². The lowest BCUT2D eigenvalue weighted by atomic mass is 9.98. The van der Waals surface area contributed by atoms with Crippen LogP contribution in [0.25, 0.3) is 0 Å². The van der Waals surface area contributed by atoms with Crippen LogP contribution in [0.5, 0.6) is 0 Å². The summed E-state index contributed by atoms with van der Waals surface area (Å²) in [6, 6.07) is 14.0. The fourth-order valence-electron chi connectivity index (χ4n) is 2.24. The Bertz CT molecular complexity index is 566. The zero-order chi connectivity index (χ0) is 14.5. The van der Waals surface area contributed by atoms with E-state index in [1.54, 1.807) is 0 Å². The molecular formula is C17H19BrFN. The summed E-state index contributed by atoms with van der Waals surface area (Å²) >= 11 is 3.26. The Morgan fingerprint density at radius 3 is 2.45 bits per heavy atom. The first-order valence-corrected chi connectivity index (χ1v) is 7.63. The zero-order valence-corrected chi connectivity index (χ0v) is 13.4. The number of benzene rings is 2. The quantitative estimate of drug-likeness (QED) is 0.828. The molecule has 2 aromatic rings. The summed E-state index contributed by atoms with van der Waals surface area (Å²) in [5.74, 6) is -0.223. The van der Waals surface area contributed by atoms with Gasteiger partial charge in [-0.2, -0.15) is 0 Å². The maximum absolute atomic E-state index is 13.4. The first-order valence-electron chi connectivity index (χ1n) is 6.84. The van der Waals surface area contributed by atoms with Gasteiger partial charge >= 0.3 is 0 Å². The van der Waals surface area contributed by atoms with Gasteiger partial charge in [0, 0.05) is 6.04 Å². The SMILES string of the molecule is CCNC(Cc1ccc(C)cc1)c1ccc(F)c(Br)c1. The largest absolute Gasteiger partial charge is 0.310 e. The number of aryl methyl sites for hydroxylation is 1. The van der Waals surface area contributed by atoms with Gasteiger partial charge in [0.05, 0.1) is 4.47 Å². The van der Waals surface area contributed by atoms with Gasteiger partial charge in [0.2, 0.25) is 0 Å². The van der Waals surface area contributed by atoms with Gasteiger partial charge in [0.15, 0.2) is 0 Å². The molecule has 2 rings (SSSR count). The maximum Gasteiger partial charge on any atom is 0.137 e. The normalized spacial score (nSPS) is 12.4. The first kappa shape index (κ1) is 15.2. The highest BCUT2D eigenvalue weighted by atomic mass is 79.9. The summed E-state index contributed by atoms with van der Waals surface area (Å²) in [6.45, 7) is 5.05. The Labute approximate surface area is 128 Å². The van der Waals surface area contributed by atoms with Crippen molar-refractivity contribution in [2.75, 3.05) is 6.54 Å². The predicted molar refractivity (Wildman–Crippen MR) is 85.4 cm³/mol. The van der Waals surface area contributed by atoms with Crippen molar-refractivity contribution in [3.05, 3.63) is 69.4 Å². The van der Waals surface area contributed by atoms with Crippen molar-refractivity contribution in [3.63, 3.8) is 0 Å². The van der Waals surface area contributed by atoms with Gasteiger partial charge in [-0.1, -0.05) is 42.8 Å². The van der Waals surface area contributed by atoms with E-state index in [0.717, 1.165) is 18.5 Å².